The molecule has 0 saturated carbocycles. The minimum absolute atomic E-state index is 0.0135. The van der Waals surface area contributed by atoms with Gasteiger partial charge in [0.25, 0.3) is 12.1 Å². The van der Waals surface area contributed by atoms with Gasteiger partial charge in [-0.1, -0.05) is 66.0 Å². The fraction of sp³-hybridized carbons (Fsp3) is 0.333. The number of hydrogen-bond donors (Lipinski definition) is 1. The van der Waals surface area contributed by atoms with Crippen LogP contribution in [0, 0.1) is 6.92 Å². The highest BCUT2D eigenvalue weighted by Gasteiger charge is 2.44. The summed E-state index contributed by atoms with van der Waals surface area (Å²) in [6.07, 6.45) is 1.26. The van der Waals surface area contributed by atoms with Crippen molar-refractivity contribution in [2.24, 2.45) is 0 Å². The van der Waals surface area contributed by atoms with Crippen molar-refractivity contribution < 1.29 is 28.0 Å². The molecule has 45 heavy (non-hydrogen) atoms. The van der Waals surface area contributed by atoms with Gasteiger partial charge >= 0.3 is 5.69 Å². The molecule has 1 aliphatic heterocycles. The molecule has 1 aromatic heterocycles. The van der Waals surface area contributed by atoms with E-state index in [9.17, 15) is 14.2 Å². The SMILES string of the molecule is COc1ccc(C(OC[C@H]2O[C@@H](n3cc(C)c(=O)[nH]c3=O)C[C@@H]2O[P@@](C)(=O)SC)(c2ccccc2)c2ccc(OC)cc2)cc1. The van der Waals surface area contributed by atoms with Crippen molar-refractivity contribution in [3.8, 4) is 11.5 Å². The van der Waals surface area contributed by atoms with Gasteiger partial charge in [-0.15, -0.1) is 0 Å². The molecule has 0 spiro atoms. The van der Waals surface area contributed by atoms with Crippen LogP contribution in [0.4, 0.5) is 0 Å². The highest BCUT2D eigenvalue weighted by Crippen LogP contribution is 2.57. The number of rotatable bonds is 12. The third-order valence-corrected chi connectivity index (χ3v) is 11.5. The third kappa shape index (κ3) is 6.98. The molecule has 1 saturated heterocycles. The molecular weight excluding hydrogens is 615 g/mol. The molecule has 2 heterocycles. The van der Waals surface area contributed by atoms with Gasteiger partial charge in [-0.2, -0.15) is 0 Å². The first-order valence-electron chi connectivity index (χ1n) is 14.4. The van der Waals surface area contributed by atoms with E-state index in [4.69, 9.17) is 23.5 Å². The van der Waals surface area contributed by atoms with E-state index in [1.54, 1.807) is 34.1 Å². The Kier molecular flexibility index (Phi) is 10.1. The Balaban J connectivity index is 1.59. The predicted octanol–water partition coefficient (Wildman–Crippen LogP) is 5.73. The largest absolute Gasteiger partial charge is 0.497 e. The van der Waals surface area contributed by atoms with Crippen LogP contribution in [-0.2, 0) is 24.2 Å². The third-order valence-electron chi connectivity index (χ3n) is 7.93. The summed E-state index contributed by atoms with van der Waals surface area (Å²) in [6, 6.07) is 25.2. The average molecular weight is 653 g/mol. The molecular formula is C33H37N2O8PS. The minimum atomic E-state index is -3.06. The Morgan fingerprint density at radius 3 is 2.02 bits per heavy atom. The molecule has 0 radical (unpaired) electrons. The molecule has 10 nitrogen and oxygen atoms in total. The maximum Gasteiger partial charge on any atom is 0.330 e. The number of H-pyrrole nitrogens is 1. The summed E-state index contributed by atoms with van der Waals surface area (Å²) in [7, 11) is 3.23. The molecule has 4 atom stereocenters. The van der Waals surface area contributed by atoms with Crippen molar-refractivity contribution in [2.45, 2.75) is 37.4 Å². The molecule has 5 rings (SSSR count). The summed E-state index contributed by atoms with van der Waals surface area (Å²) >= 11 is 1.14. The molecule has 1 N–H and O–H groups in total. The molecule has 4 aromatic rings. The number of hydrogen-bond acceptors (Lipinski definition) is 9. The number of aryl methyl sites for hydroxylation is 1. The van der Waals surface area contributed by atoms with Crippen molar-refractivity contribution >= 4 is 18.0 Å². The summed E-state index contributed by atoms with van der Waals surface area (Å²) < 4.78 is 45.0. The Labute approximate surface area is 265 Å². The van der Waals surface area contributed by atoms with E-state index in [1.807, 2.05) is 78.9 Å². The quantitative estimate of drug-likeness (QED) is 0.151. The van der Waals surface area contributed by atoms with Gasteiger partial charge in [0, 0.05) is 24.8 Å². The highest BCUT2D eigenvalue weighted by atomic mass is 32.7. The maximum absolute atomic E-state index is 13.2. The van der Waals surface area contributed by atoms with Crippen LogP contribution in [0.25, 0.3) is 0 Å². The second-order valence-electron chi connectivity index (χ2n) is 10.8. The number of nitrogens with zero attached hydrogens (tertiary/aromatic N) is 1. The number of benzene rings is 3. The minimum Gasteiger partial charge on any atom is -0.497 e. The lowest BCUT2D eigenvalue weighted by atomic mass is 9.80. The van der Waals surface area contributed by atoms with Gasteiger partial charge in [0.1, 0.15) is 29.4 Å². The van der Waals surface area contributed by atoms with E-state index in [-0.39, 0.29) is 13.0 Å². The second-order valence-corrected chi connectivity index (χ2v) is 16.0. The monoisotopic (exact) mass is 652 g/mol. The molecule has 1 aliphatic rings. The number of ether oxygens (including phenoxy) is 4. The van der Waals surface area contributed by atoms with Gasteiger partial charge < -0.3 is 23.5 Å². The van der Waals surface area contributed by atoms with Crippen molar-refractivity contribution in [2.75, 3.05) is 33.7 Å². The Morgan fingerprint density at radius 2 is 1.49 bits per heavy atom. The normalized spacial score (nSPS) is 19.6. The first-order chi connectivity index (χ1) is 21.6. The van der Waals surface area contributed by atoms with Crippen LogP contribution >= 0.6 is 18.0 Å². The second kappa shape index (κ2) is 13.8. The van der Waals surface area contributed by atoms with Gasteiger partial charge in [-0.25, -0.2) is 4.79 Å². The van der Waals surface area contributed by atoms with Gasteiger partial charge in [0.15, 0.2) is 0 Å². The molecule has 0 unspecified atom stereocenters. The van der Waals surface area contributed by atoms with Crippen molar-refractivity contribution in [1.82, 2.24) is 9.55 Å². The fourth-order valence-corrected chi connectivity index (χ4v) is 6.89. The maximum atomic E-state index is 13.2. The van der Waals surface area contributed by atoms with E-state index in [0.29, 0.717) is 17.1 Å². The van der Waals surface area contributed by atoms with Gasteiger partial charge in [0.2, 0.25) is 0 Å². The topological polar surface area (TPSA) is 118 Å². The standard InChI is InChI=1S/C33H37N2O8PS/c1-22-20-35(32(37)34-31(22)36)30-19-28(43-44(4,38)45-5)29(42-30)21-41-33(23-9-7-6-8-10-23,24-11-15-26(39-2)16-12-24)25-13-17-27(40-3)18-14-25/h6-18,20,28-30H,19,21H2,1-5H3,(H,34,36,37)/t28-,29+,30+,44+/m0/s1. The average Bonchev–Trinajstić information content (AvgIpc) is 3.45. The molecule has 238 valence electrons. The van der Waals surface area contributed by atoms with Crippen LogP contribution in [0.5, 0.6) is 11.5 Å². The summed E-state index contributed by atoms with van der Waals surface area (Å²) in [5.74, 6) is 1.39. The van der Waals surface area contributed by atoms with Crippen molar-refractivity contribution in [3.05, 3.63) is 128 Å². The molecule has 0 amide bonds. The van der Waals surface area contributed by atoms with Crippen LogP contribution in [-0.4, -0.2) is 55.5 Å². The zero-order valence-corrected chi connectivity index (χ0v) is 27.5. The lowest BCUT2D eigenvalue weighted by molar-refractivity contribution is -0.0911. The summed E-state index contributed by atoms with van der Waals surface area (Å²) in [4.78, 5) is 27.2. The van der Waals surface area contributed by atoms with E-state index < -0.39 is 41.9 Å². The van der Waals surface area contributed by atoms with E-state index in [1.165, 1.54) is 10.8 Å². The van der Waals surface area contributed by atoms with Crippen LogP contribution in [0.2, 0.25) is 0 Å². The van der Waals surface area contributed by atoms with Crippen LogP contribution < -0.4 is 20.7 Å². The number of aromatic nitrogens is 2. The molecule has 1 fully saturated rings. The number of aromatic amines is 1. The zero-order chi connectivity index (χ0) is 32.2. The summed E-state index contributed by atoms with van der Waals surface area (Å²) in [5.41, 5.74) is 0.721. The lowest BCUT2D eigenvalue weighted by Crippen LogP contribution is -2.38. The van der Waals surface area contributed by atoms with E-state index in [0.717, 1.165) is 28.1 Å². The van der Waals surface area contributed by atoms with Gasteiger partial charge in [-0.3, -0.25) is 18.9 Å². The molecule has 12 heteroatoms. The summed E-state index contributed by atoms with van der Waals surface area (Å²) in [5, 5.41) is 0. The Bertz CT molecular complexity index is 1710. The predicted molar refractivity (Wildman–Crippen MR) is 175 cm³/mol. The lowest BCUT2D eigenvalue weighted by Gasteiger charge is -2.37. The fourth-order valence-electron chi connectivity index (χ4n) is 5.50. The Hall–Kier alpha value is -3.60. The highest BCUT2D eigenvalue weighted by molar-refractivity contribution is 8.56. The van der Waals surface area contributed by atoms with Gasteiger partial charge in [0.05, 0.1) is 26.9 Å². The van der Waals surface area contributed by atoms with E-state index in [2.05, 4.69) is 4.98 Å². The van der Waals surface area contributed by atoms with E-state index >= 15 is 0 Å². The Morgan fingerprint density at radius 1 is 0.933 bits per heavy atom. The zero-order valence-electron chi connectivity index (χ0n) is 25.8. The van der Waals surface area contributed by atoms with Crippen molar-refractivity contribution in [1.29, 1.82) is 0 Å². The first-order valence-corrected chi connectivity index (χ1v) is 18.3. The number of methoxy groups -OCH3 is 2. The molecule has 3 aromatic carbocycles. The molecule has 0 aliphatic carbocycles. The number of nitrogens with one attached hydrogen (secondary N) is 1. The van der Waals surface area contributed by atoms with Crippen LogP contribution in [0.1, 0.15) is 34.9 Å². The van der Waals surface area contributed by atoms with Gasteiger partial charge in [-0.05, 0) is 54.1 Å². The van der Waals surface area contributed by atoms with Crippen LogP contribution in [0.15, 0.2) is 94.6 Å². The van der Waals surface area contributed by atoms with Crippen LogP contribution in [0.3, 0.4) is 0 Å². The smallest absolute Gasteiger partial charge is 0.330 e. The molecule has 0 bridgehead atoms. The summed E-state index contributed by atoms with van der Waals surface area (Å²) in [6.45, 7) is 0.131. The first kappa shape index (κ1) is 32.8. The van der Waals surface area contributed by atoms with Crippen molar-refractivity contribution in [3.63, 3.8) is 0 Å².